The van der Waals surface area contributed by atoms with Crippen LogP contribution >= 0.6 is 15.9 Å². The predicted molar refractivity (Wildman–Crippen MR) is 128 cm³/mol. The lowest BCUT2D eigenvalue weighted by molar-refractivity contribution is 0.288. The van der Waals surface area contributed by atoms with Gasteiger partial charge in [0, 0.05) is 21.5 Å². The first-order chi connectivity index (χ1) is 15.1. The van der Waals surface area contributed by atoms with Crippen LogP contribution < -0.4 is 9.47 Å². The topological polar surface area (TPSA) is 66.8 Å². The molecule has 0 spiro atoms. The zero-order chi connectivity index (χ0) is 21.8. The number of nitrogens with one attached hydrogen (secondary N) is 1. The third kappa shape index (κ3) is 4.44. The van der Waals surface area contributed by atoms with Gasteiger partial charge < -0.3 is 19.6 Å². The number of halogens is 1. The fourth-order valence-electron chi connectivity index (χ4n) is 3.47. The lowest BCUT2D eigenvalue weighted by Gasteiger charge is -2.12. The molecule has 0 aliphatic heterocycles. The van der Waals surface area contributed by atoms with E-state index in [1.54, 1.807) is 0 Å². The Labute approximate surface area is 189 Å². The number of aromatic nitrogens is 1. The Morgan fingerprint density at radius 2 is 1.58 bits per heavy atom. The lowest BCUT2D eigenvalue weighted by atomic mass is 10.0. The Morgan fingerprint density at radius 3 is 2.23 bits per heavy atom. The fraction of sp³-hybridized carbons (Fsp3) is 0.160. The van der Waals surface area contributed by atoms with Gasteiger partial charge in [-0.05, 0) is 44.2 Å². The van der Waals surface area contributed by atoms with Crippen molar-refractivity contribution in [3.05, 3.63) is 82.3 Å². The molecule has 2 N–H and O–H groups in total. The molecule has 6 heteroatoms. The molecule has 0 saturated carbocycles. The predicted octanol–water partition coefficient (Wildman–Crippen LogP) is 6.60. The van der Waals surface area contributed by atoms with Crippen molar-refractivity contribution in [1.29, 1.82) is 0 Å². The Bertz CT molecular complexity index is 1220. The van der Waals surface area contributed by atoms with Gasteiger partial charge in [-0.1, -0.05) is 46.3 Å². The van der Waals surface area contributed by atoms with Crippen molar-refractivity contribution >= 4 is 38.2 Å². The normalized spacial score (nSPS) is 11.6. The number of hydrogen-bond donors (Lipinski definition) is 2. The average Bonchev–Trinajstić information content (AvgIpc) is 3.09. The molecule has 0 bridgehead atoms. The van der Waals surface area contributed by atoms with E-state index >= 15 is 0 Å². The van der Waals surface area contributed by atoms with Crippen molar-refractivity contribution in [2.45, 2.75) is 13.8 Å². The summed E-state index contributed by atoms with van der Waals surface area (Å²) in [4.78, 5) is 7.97. The number of benzene rings is 3. The molecule has 1 aromatic heterocycles. The number of rotatable bonds is 7. The summed E-state index contributed by atoms with van der Waals surface area (Å²) < 4.78 is 12.5. The van der Waals surface area contributed by atoms with Gasteiger partial charge in [0.05, 0.1) is 35.7 Å². The van der Waals surface area contributed by atoms with Crippen molar-refractivity contribution in [2.75, 3.05) is 13.2 Å². The molecular formula is C25H23BrN2O3. The molecule has 0 fully saturated rings. The average molecular weight is 479 g/mol. The molecule has 0 atom stereocenters. The number of hydrogen-bond acceptors (Lipinski definition) is 4. The summed E-state index contributed by atoms with van der Waals surface area (Å²) >= 11 is 3.46. The van der Waals surface area contributed by atoms with Gasteiger partial charge in [0.2, 0.25) is 0 Å². The first-order valence-corrected chi connectivity index (χ1v) is 10.9. The number of fused-ring (bicyclic) bond motifs is 1. The van der Waals surface area contributed by atoms with Crippen molar-refractivity contribution in [3.8, 4) is 17.4 Å². The molecule has 1 heterocycles. The van der Waals surface area contributed by atoms with Gasteiger partial charge in [0.1, 0.15) is 0 Å². The highest BCUT2D eigenvalue weighted by molar-refractivity contribution is 9.10. The SMILES string of the molecule is CCOc1cc2[nH]c(O)c(C(=Nc3ccc(Br)cc3)c3ccccc3)c2cc1OCC. The lowest BCUT2D eigenvalue weighted by Crippen LogP contribution is -2.03. The van der Waals surface area contributed by atoms with Gasteiger partial charge in [-0.2, -0.15) is 0 Å². The molecule has 158 valence electrons. The first-order valence-electron chi connectivity index (χ1n) is 10.1. The van der Waals surface area contributed by atoms with Crippen LogP contribution in [0.15, 0.2) is 76.2 Å². The highest BCUT2D eigenvalue weighted by Crippen LogP contribution is 2.38. The maximum Gasteiger partial charge on any atom is 0.199 e. The number of H-pyrrole nitrogens is 1. The summed E-state index contributed by atoms with van der Waals surface area (Å²) in [6.07, 6.45) is 0. The van der Waals surface area contributed by atoms with E-state index in [9.17, 15) is 5.11 Å². The smallest absolute Gasteiger partial charge is 0.199 e. The summed E-state index contributed by atoms with van der Waals surface area (Å²) in [6, 6.07) is 21.3. The molecule has 5 nitrogen and oxygen atoms in total. The number of aromatic amines is 1. The molecule has 3 aromatic carbocycles. The summed E-state index contributed by atoms with van der Waals surface area (Å²) in [6.45, 7) is 4.89. The zero-order valence-electron chi connectivity index (χ0n) is 17.4. The second-order valence-electron chi connectivity index (χ2n) is 6.86. The van der Waals surface area contributed by atoms with Crippen LogP contribution in [0.3, 0.4) is 0 Å². The summed E-state index contributed by atoms with van der Waals surface area (Å²) in [5.74, 6) is 1.31. The minimum absolute atomic E-state index is 0.0470. The van der Waals surface area contributed by atoms with E-state index in [0.29, 0.717) is 36.0 Å². The van der Waals surface area contributed by atoms with Crippen LogP contribution in [-0.4, -0.2) is 29.0 Å². The number of ether oxygens (including phenoxy) is 2. The zero-order valence-corrected chi connectivity index (χ0v) is 18.9. The van der Waals surface area contributed by atoms with Gasteiger partial charge >= 0.3 is 0 Å². The Hall–Kier alpha value is -3.25. The number of aromatic hydroxyl groups is 1. The van der Waals surface area contributed by atoms with Gasteiger partial charge in [-0.15, -0.1) is 0 Å². The van der Waals surface area contributed by atoms with Crippen LogP contribution in [0, 0.1) is 0 Å². The van der Waals surface area contributed by atoms with Crippen LogP contribution in [0.5, 0.6) is 17.4 Å². The Kier molecular flexibility index (Phi) is 6.28. The Morgan fingerprint density at radius 1 is 0.935 bits per heavy atom. The molecule has 4 aromatic rings. The van der Waals surface area contributed by atoms with Gasteiger partial charge in [-0.3, -0.25) is 0 Å². The molecule has 0 amide bonds. The number of aliphatic imine (C=N–C) groups is 1. The van der Waals surface area contributed by atoms with Gasteiger partial charge in [-0.25, -0.2) is 4.99 Å². The summed E-state index contributed by atoms with van der Waals surface area (Å²) in [5, 5.41) is 11.7. The highest BCUT2D eigenvalue weighted by Gasteiger charge is 2.21. The second kappa shape index (κ2) is 9.27. The molecule has 4 rings (SSSR count). The first kappa shape index (κ1) is 21.0. The van der Waals surface area contributed by atoms with E-state index in [2.05, 4.69) is 20.9 Å². The van der Waals surface area contributed by atoms with Crippen LogP contribution in [-0.2, 0) is 0 Å². The fourth-order valence-corrected chi connectivity index (χ4v) is 3.73. The van der Waals surface area contributed by atoms with Crippen molar-refractivity contribution < 1.29 is 14.6 Å². The maximum absolute atomic E-state index is 10.9. The van der Waals surface area contributed by atoms with Crippen LogP contribution in [0.4, 0.5) is 5.69 Å². The van der Waals surface area contributed by atoms with Crippen molar-refractivity contribution in [2.24, 2.45) is 4.99 Å². The molecule has 0 aliphatic carbocycles. The van der Waals surface area contributed by atoms with E-state index < -0.39 is 0 Å². The van der Waals surface area contributed by atoms with Crippen LogP contribution in [0.1, 0.15) is 25.0 Å². The third-order valence-corrected chi connectivity index (χ3v) is 5.32. The second-order valence-corrected chi connectivity index (χ2v) is 7.78. The van der Waals surface area contributed by atoms with Crippen molar-refractivity contribution in [1.82, 2.24) is 4.98 Å². The Balaban J connectivity index is 1.96. The highest BCUT2D eigenvalue weighted by atomic mass is 79.9. The van der Waals surface area contributed by atoms with E-state index in [0.717, 1.165) is 26.6 Å². The van der Waals surface area contributed by atoms with E-state index in [4.69, 9.17) is 14.5 Å². The number of nitrogens with zero attached hydrogens (tertiary/aromatic N) is 1. The minimum atomic E-state index is 0.0470. The molecular weight excluding hydrogens is 456 g/mol. The van der Waals surface area contributed by atoms with Gasteiger partial charge in [0.25, 0.3) is 0 Å². The molecule has 31 heavy (non-hydrogen) atoms. The van der Waals surface area contributed by atoms with E-state index in [-0.39, 0.29) is 5.88 Å². The van der Waals surface area contributed by atoms with Crippen LogP contribution in [0.25, 0.3) is 10.9 Å². The third-order valence-electron chi connectivity index (χ3n) is 4.79. The monoisotopic (exact) mass is 478 g/mol. The molecule has 0 saturated heterocycles. The van der Waals surface area contributed by atoms with Crippen LogP contribution in [0.2, 0.25) is 0 Å². The van der Waals surface area contributed by atoms with E-state index in [1.807, 2.05) is 80.6 Å². The minimum Gasteiger partial charge on any atom is -0.494 e. The van der Waals surface area contributed by atoms with Crippen molar-refractivity contribution in [3.63, 3.8) is 0 Å². The quantitative estimate of drug-likeness (QED) is 0.294. The molecule has 0 unspecified atom stereocenters. The standard InChI is InChI=1S/C25H23BrN2O3/c1-3-30-21-14-19-20(15-22(21)31-4-2)28-25(29)23(19)24(16-8-6-5-7-9-16)27-18-12-10-17(26)11-13-18/h5-15,28-29H,3-4H2,1-2H3. The van der Waals surface area contributed by atoms with E-state index in [1.165, 1.54) is 0 Å². The summed E-state index contributed by atoms with van der Waals surface area (Å²) in [7, 11) is 0. The maximum atomic E-state index is 10.9. The van der Waals surface area contributed by atoms with Gasteiger partial charge in [0.15, 0.2) is 17.4 Å². The largest absolute Gasteiger partial charge is 0.494 e. The molecule has 0 aliphatic rings. The molecule has 0 radical (unpaired) electrons. The summed E-state index contributed by atoms with van der Waals surface area (Å²) in [5.41, 5.74) is 3.71.